The van der Waals surface area contributed by atoms with Crippen molar-refractivity contribution in [2.75, 3.05) is 11.9 Å². The van der Waals surface area contributed by atoms with E-state index in [1.54, 1.807) is 30.3 Å². The van der Waals surface area contributed by atoms with Crippen LogP contribution in [0.3, 0.4) is 0 Å². The van der Waals surface area contributed by atoms with Crippen molar-refractivity contribution in [3.05, 3.63) is 95.1 Å². The van der Waals surface area contributed by atoms with E-state index in [2.05, 4.69) is 5.32 Å². The average molecular weight is 434 g/mol. The maximum Gasteiger partial charge on any atom is 0.266 e. The van der Waals surface area contributed by atoms with Crippen molar-refractivity contribution in [1.82, 2.24) is 0 Å². The summed E-state index contributed by atoms with van der Waals surface area (Å²) in [7, 11) is 0. The Morgan fingerprint density at radius 3 is 2.47 bits per heavy atom. The van der Waals surface area contributed by atoms with Gasteiger partial charge < -0.3 is 14.8 Å². The summed E-state index contributed by atoms with van der Waals surface area (Å²) in [5.41, 5.74) is 1.46. The standard InChI is InChI=1S/C25H20F2N2O3/c1-2-31-24-14-17(6-11-23(24)32-16-18-4-3-5-21(27)13-18)12-19(15-28)25(30)29-22-9-7-20(26)8-10-22/h3-14H,2,16H2,1H3,(H,29,30)/b19-12+. The summed E-state index contributed by atoms with van der Waals surface area (Å²) in [6.07, 6.45) is 1.41. The molecule has 0 heterocycles. The minimum atomic E-state index is -0.622. The first-order chi connectivity index (χ1) is 15.5. The smallest absolute Gasteiger partial charge is 0.266 e. The summed E-state index contributed by atoms with van der Waals surface area (Å²) < 4.78 is 37.8. The molecule has 1 N–H and O–H groups in total. The number of rotatable bonds is 8. The number of anilines is 1. The number of hydrogen-bond acceptors (Lipinski definition) is 4. The molecule has 0 unspecified atom stereocenters. The Morgan fingerprint density at radius 1 is 1.00 bits per heavy atom. The average Bonchev–Trinajstić information content (AvgIpc) is 2.78. The van der Waals surface area contributed by atoms with E-state index in [-0.39, 0.29) is 18.0 Å². The Balaban J connectivity index is 1.77. The molecule has 0 fully saturated rings. The van der Waals surface area contributed by atoms with E-state index in [1.165, 1.54) is 42.5 Å². The number of amides is 1. The number of nitrogens with zero attached hydrogens (tertiary/aromatic N) is 1. The number of ether oxygens (including phenoxy) is 2. The number of halogens is 2. The second-order valence-electron chi connectivity index (χ2n) is 6.69. The van der Waals surface area contributed by atoms with E-state index in [4.69, 9.17) is 9.47 Å². The van der Waals surface area contributed by atoms with Gasteiger partial charge in [-0.3, -0.25) is 4.79 Å². The third kappa shape index (κ3) is 6.16. The molecule has 0 aliphatic rings. The predicted molar refractivity (Wildman–Crippen MR) is 117 cm³/mol. The molecular formula is C25H20F2N2O3. The van der Waals surface area contributed by atoms with Crippen LogP contribution in [-0.4, -0.2) is 12.5 Å². The second-order valence-corrected chi connectivity index (χ2v) is 6.69. The summed E-state index contributed by atoms with van der Waals surface area (Å²) in [4.78, 5) is 12.4. The van der Waals surface area contributed by atoms with E-state index in [0.717, 1.165) is 0 Å². The molecule has 3 rings (SSSR count). The van der Waals surface area contributed by atoms with Crippen LogP contribution in [0.25, 0.3) is 6.08 Å². The van der Waals surface area contributed by atoms with Crippen molar-refractivity contribution in [2.24, 2.45) is 0 Å². The van der Waals surface area contributed by atoms with Crippen LogP contribution in [-0.2, 0) is 11.4 Å². The lowest BCUT2D eigenvalue weighted by Crippen LogP contribution is -2.13. The molecule has 32 heavy (non-hydrogen) atoms. The third-order valence-electron chi connectivity index (χ3n) is 4.33. The molecule has 0 spiro atoms. The van der Waals surface area contributed by atoms with Crippen LogP contribution in [0.5, 0.6) is 11.5 Å². The van der Waals surface area contributed by atoms with Crippen molar-refractivity contribution in [2.45, 2.75) is 13.5 Å². The highest BCUT2D eigenvalue weighted by molar-refractivity contribution is 6.09. The maximum absolute atomic E-state index is 13.4. The van der Waals surface area contributed by atoms with Crippen LogP contribution in [0.15, 0.2) is 72.3 Å². The van der Waals surface area contributed by atoms with Crippen LogP contribution in [0.1, 0.15) is 18.1 Å². The molecule has 0 saturated carbocycles. The van der Waals surface area contributed by atoms with Gasteiger partial charge in [0, 0.05) is 5.69 Å². The van der Waals surface area contributed by atoms with Gasteiger partial charge in [0.05, 0.1) is 6.61 Å². The van der Waals surface area contributed by atoms with Crippen LogP contribution < -0.4 is 14.8 Å². The Hall–Kier alpha value is -4.18. The molecule has 0 aliphatic carbocycles. The fourth-order valence-electron chi connectivity index (χ4n) is 2.84. The molecule has 0 bridgehead atoms. The van der Waals surface area contributed by atoms with Crippen LogP contribution in [0, 0.1) is 23.0 Å². The first kappa shape index (κ1) is 22.5. The Bertz CT molecular complexity index is 1170. The van der Waals surface area contributed by atoms with Gasteiger partial charge in [-0.1, -0.05) is 18.2 Å². The van der Waals surface area contributed by atoms with E-state index < -0.39 is 11.7 Å². The lowest BCUT2D eigenvalue weighted by molar-refractivity contribution is -0.112. The van der Waals surface area contributed by atoms with Crippen molar-refractivity contribution in [3.63, 3.8) is 0 Å². The molecule has 0 saturated heterocycles. The fraction of sp³-hybridized carbons (Fsp3) is 0.120. The second kappa shape index (κ2) is 10.7. The lowest BCUT2D eigenvalue weighted by Gasteiger charge is -2.13. The monoisotopic (exact) mass is 434 g/mol. The van der Waals surface area contributed by atoms with Gasteiger partial charge in [-0.15, -0.1) is 0 Å². The Kier molecular flexibility index (Phi) is 7.55. The minimum absolute atomic E-state index is 0.134. The van der Waals surface area contributed by atoms with Crippen molar-refractivity contribution in [1.29, 1.82) is 5.26 Å². The van der Waals surface area contributed by atoms with Gasteiger partial charge in [-0.2, -0.15) is 5.26 Å². The summed E-state index contributed by atoms with van der Waals surface area (Å²) in [5.74, 6) is -0.526. The molecule has 162 valence electrons. The molecule has 0 atom stereocenters. The Labute approximate surface area is 184 Å². The topological polar surface area (TPSA) is 71.3 Å². The number of hydrogen-bond donors (Lipinski definition) is 1. The molecule has 1 amide bonds. The first-order valence-corrected chi connectivity index (χ1v) is 9.81. The van der Waals surface area contributed by atoms with Gasteiger partial charge in [0.2, 0.25) is 0 Å². The summed E-state index contributed by atoms with van der Waals surface area (Å²) in [6.45, 7) is 2.34. The fourth-order valence-corrected chi connectivity index (χ4v) is 2.84. The highest BCUT2D eigenvalue weighted by atomic mass is 19.1. The van der Waals surface area contributed by atoms with E-state index in [0.29, 0.717) is 34.9 Å². The number of carbonyl (C=O) groups is 1. The molecule has 0 aliphatic heterocycles. The summed E-state index contributed by atoms with van der Waals surface area (Å²) in [6, 6.07) is 18.2. The maximum atomic E-state index is 13.4. The normalized spacial score (nSPS) is 10.9. The Morgan fingerprint density at radius 2 is 1.78 bits per heavy atom. The highest BCUT2D eigenvalue weighted by Crippen LogP contribution is 2.30. The summed E-state index contributed by atoms with van der Waals surface area (Å²) >= 11 is 0. The zero-order valence-corrected chi connectivity index (χ0v) is 17.3. The number of benzene rings is 3. The van der Waals surface area contributed by atoms with Crippen molar-refractivity contribution < 1.29 is 23.0 Å². The van der Waals surface area contributed by atoms with E-state index >= 15 is 0 Å². The van der Waals surface area contributed by atoms with Gasteiger partial charge in [-0.25, -0.2) is 8.78 Å². The van der Waals surface area contributed by atoms with Gasteiger partial charge in [0.25, 0.3) is 5.91 Å². The molecule has 3 aromatic rings. The number of nitrogens with one attached hydrogen (secondary N) is 1. The van der Waals surface area contributed by atoms with Gasteiger partial charge in [0.1, 0.15) is 29.9 Å². The van der Waals surface area contributed by atoms with Gasteiger partial charge in [0.15, 0.2) is 11.5 Å². The summed E-state index contributed by atoms with van der Waals surface area (Å²) in [5, 5.41) is 12.0. The lowest BCUT2D eigenvalue weighted by atomic mass is 10.1. The number of carbonyl (C=O) groups excluding carboxylic acids is 1. The van der Waals surface area contributed by atoms with Crippen molar-refractivity contribution in [3.8, 4) is 17.6 Å². The van der Waals surface area contributed by atoms with E-state index in [9.17, 15) is 18.8 Å². The van der Waals surface area contributed by atoms with Crippen LogP contribution in [0.2, 0.25) is 0 Å². The van der Waals surface area contributed by atoms with Crippen molar-refractivity contribution >= 4 is 17.7 Å². The third-order valence-corrected chi connectivity index (χ3v) is 4.33. The van der Waals surface area contributed by atoms with Crippen LogP contribution in [0.4, 0.5) is 14.5 Å². The largest absolute Gasteiger partial charge is 0.490 e. The minimum Gasteiger partial charge on any atom is -0.490 e. The quantitative estimate of drug-likeness (QED) is 0.376. The van der Waals surface area contributed by atoms with E-state index in [1.807, 2.05) is 13.0 Å². The zero-order chi connectivity index (χ0) is 22.9. The van der Waals surface area contributed by atoms with Gasteiger partial charge >= 0.3 is 0 Å². The molecular weight excluding hydrogens is 414 g/mol. The van der Waals surface area contributed by atoms with Crippen LogP contribution >= 0.6 is 0 Å². The van der Waals surface area contributed by atoms with Gasteiger partial charge in [-0.05, 0) is 72.7 Å². The highest BCUT2D eigenvalue weighted by Gasteiger charge is 2.12. The molecule has 3 aromatic carbocycles. The first-order valence-electron chi connectivity index (χ1n) is 9.81. The predicted octanol–water partition coefficient (Wildman–Crippen LogP) is 5.49. The molecule has 0 radical (unpaired) electrons. The zero-order valence-electron chi connectivity index (χ0n) is 17.3. The molecule has 0 aromatic heterocycles. The molecule has 7 heteroatoms. The SMILES string of the molecule is CCOc1cc(/C=C(\C#N)C(=O)Nc2ccc(F)cc2)ccc1OCc1cccc(F)c1. The number of nitriles is 1. The molecule has 5 nitrogen and oxygen atoms in total.